The summed E-state index contributed by atoms with van der Waals surface area (Å²) in [6.45, 7) is 6.37. The van der Waals surface area contributed by atoms with Crippen LogP contribution in [0.25, 0.3) is 0 Å². The second kappa shape index (κ2) is 10.3. The Bertz CT molecular complexity index is 771. The van der Waals surface area contributed by atoms with Crippen molar-refractivity contribution in [1.82, 2.24) is 14.7 Å². The molecule has 0 aromatic heterocycles. The molecule has 1 aromatic rings. The number of β-amino-alcohol motifs (C(OH)–C–C–N with tert-alkyl or cyclic N) is 1. The number of hydrogen-bond donors (Lipinski definition) is 1. The van der Waals surface area contributed by atoms with E-state index < -0.39 is 11.4 Å². The second-order valence-electron chi connectivity index (χ2n) is 8.30. The minimum absolute atomic E-state index is 0.0571. The number of likely N-dealkylation sites (tertiary alicyclic amines) is 1. The van der Waals surface area contributed by atoms with E-state index in [1.54, 1.807) is 28.9 Å². The highest BCUT2D eigenvalue weighted by Gasteiger charge is 2.39. The average molecular weight is 438 g/mol. The third-order valence-electron chi connectivity index (χ3n) is 5.90. The van der Waals surface area contributed by atoms with Crippen LogP contribution < -0.4 is 4.74 Å². The van der Waals surface area contributed by atoms with Gasteiger partial charge in [-0.05, 0) is 31.9 Å². The van der Waals surface area contributed by atoms with E-state index in [0.717, 1.165) is 12.8 Å². The molecule has 0 unspecified atom stereocenters. The fraction of sp³-hybridized carbons (Fsp3) is 0.636. The van der Waals surface area contributed by atoms with Crippen molar-refractivity contribution in [1.29, 1.82) is 0 Å². The Morgan fingerprint density at radius 2 is 1.90 bits per heavy atom. The first-order valence-electron chi connectivity index (χ1n) is 10.8. The fourth-order valence-corrected chi connectivity index (χ4v) is 4.27. The van der Waals surface area contributed by atoms with E-state index >= 15 is 0 Å². The molecule has 1 N–H and O–H groups in total. The summed E-state index contributed by atoms with van der Waals surface area (Å²) < 4.78 is 24.2. The van der Waals surface area contributed by atoms with Crippen LogP contribution >= 0.6 is 0 Å². The van der Waals surface area contributed by atoms with Crippen molar-refractivity contribution in [3.63, 3.8) is 0 Å². The molecule has 0 radical (unpaired) electrons. The molecule has 0 bridgehead atoms. The lowest BCUT2D eigenvalue weighted by Gasteiger charge is -2.40. The first-order valence-corrected chi connectivity index (χ1v) is 10.8. The Morgan fingerprint density at radius 3 is 2.55 bits per heavy atom. The van der Waals surface area contributed by atoms with E-state index in [-0.39, 0.29) is 31.2 Å². The normalized spacial score (nSPS) is 23.4. The van der Waals surface area contributed by atoms with Gasteiger partial charge in [0.05, 0.1) is 13.2 Å². The summed E-state index contributed by atoms with van der Waals surface area (Å²) in [6, 6.07) is 5.96. The molecule has 2 saturated heterocycles. The molecular formula is C22H32FN3O5. The molecule has 2 fully saturated rings. The van der Waals surface area contributed by atoms with Crippen LogP contribution in [0.1, 0.15) is 26.7 Å². The van der Waals surface area contributed by atoms with Gasteiger partial charge in [-0.25, -0.2) is 9.18 Å². The zero-order chi connectivity index (χ0) is 22.4. The van der Waals surface area contributed by atoms with E-state index in [0.29, 0.717) is 45.1 Å². The maximum absolute atomic E-state index is 13.5. The Morgan fingerprint density at radius 1 is 1.16 bits per heavy atom. The van der Waals surface area contributed by atoms with Crippen molar-refractivity contribution < 1.29 is 28.6 Å². The zero-order valence-corrected chi connectivity index (χ0v) is 18.3. The molecular weight excluding hydrogens is 405 g/mol. The van der Waals surface area contributed by atoms with Gasteiger partial charge in [0.15, 0.2) is 0 Å². The number of piperidine rings is 1. The van der Waals surface area contributed by atoms with E-state index in [1.807, 2.05) is 0 Å². The highest BCUT2D eigenvalue weighted by atomic mass is 19.1. The number of halogens is 1. The number of hydrogen-bond acceptors (Lipinski definition) is 6. The highest BCUT2D eigenvalue weighted by molar-refractivity contribution is 5.73. The van der Waals surface area contributed by atoms with Gasteiger partial charge < -0.3 is 24.4 Å². The topological polar surface area (TPSA) is 82.6 Å². The lowest BCUT2D eigenvalue weighted by Crippen LogP contribution is -2.55. The predicted octanol–water partition coefficient (Wildman–Crippen LogP) is 1.72. The van der Waals surface area contributed by atoms with Gasteiger partial charge in [-0.2, -0.15) is 0 Å². The molecule has 9 heteroatoms. The Kier molecular flexibility index (Phi) is 7.72. The molecule has 8 nitrogen and oxygen atoms in total. The number of nitrogens with zero attached hydrogens (tertiary/aromatic N) is 3. The Hall–Kier alpha value is -2.39. The van der Waals surface area contributed by atoms with Crippen molar-refractivity contribution in [3.8, 4) is 5.75 Å². The molecule has 2 aliphatic heterocycles. The van der Waals surface area contributed by atoms with Gasteiger partial charge in [-0.3, -0.25) is 9.69 Å². The Labute approximate surface area is 182 Å². The maximum atomic E-state index is 13.5. The first kappa shape index (κ1) is 23.3. The predicted molar refractivity (Wildman–Crippen MR) is 112 cm³/mol. The molecule has 0 aliphatic carbocycles. The summed E-state index contributed by atoms with van der Waals surface area (Å²) >= 11 is 0. The Balaban J connectivity index is 1.66. The van der Waals surface area contributed by atoms with Gasteiger partial charge in [-0.1, -0.05) is 6.07 Å². The van der Waals surface area contributed by atoms with Crippen molar-refractivity contribution in [2.45, 2.75) is 38.3 Å². The third kappa shape index (κ3) is 6.30. The van der Waals surface area contributed by atoms with Crippen LogP contribution in [0, 0.1) is 5.82 Å². The van der Waals surface area contributed by atoms with Crippen LogP contribution in [0.2, 0.25) is 0 Å². The summed E-state index contributed by atoms with van der Waals surface area (Å²) in [5.74, 6) is -0.185. The molecule has 0 saturated carbocycles. The summed E-state index contributed by atoms with van der Waals surface area (Å²) in [4.78, 5) is 29.5. The van der Waals surface area contributed by atoms with Crippen LogP contribution in [0.4, 0.5) is 9.18 Å². The van der Waals surface area contributed by atoms with E-state index in [9.17, 15) is 19.1 Å². The minimum atomic E-state index is -1.30. The molecule has 3 rings (SSSR count). The zero-order valence-electron chi connectivity index (χ0n) is 18.3. The molecule has 1 aromatic carbocycles. The summed E-state index contributed by atoms with van der Waals surface area (Å²) in [5.41, 5.74) is -1.30. The number of ether oxygens (including phenoxy) is 2. The number of amides is 2. The van der Waals surface area contributed by atoms with Crippen LogP contribution in [0.3, 0.4) is 0 Å². The van der Waals surface area contributed by atoms with Gasteiger partial charge in [0.2, 0.25) is 5.91 Å². The lowest BCUT2D eigenvalue weighted by molar-refractivity contribution is -0.132. The SMILES string of the molecule is CCOC(=O)N1CCC(N2CCN(C(C)=O)C[C@](O)(COc3cccc(F)c3)C2)CC1. The van der Waals surface area contributed by atoms with Gasteiger partial charge in [0.25, 0.3) is 0 Å². The minimum Gasteiger partial charge on any atom is -0.490 e. The van der Waals surface area contributed by atoms with Crippen molar-refractivity contribution in [2.24, 2.45) is 0 Å². The quantitative estimate of drug-likeness (QED) is 0.756. The van der Waals surface area contributed by atoms with Crippen molar-refractivity contribution in [2.75, 3.05) is 52.5 Å². The van der Waals surface area contributed by atoms with E-state index in [1.165, 1.54) is 19.1 Å². The van der Waals surface area contributed by atoms with Gasteiger partial charge in [-0.15, -0.1) is 0 Å². The number of rotatable bonds is 5. The molecule has 2 aliphatic rings. The number of carbonyl (C=O) groups excluding carboxylic acids is 2. The van der Waals surface area contributed by atoms with Crippen molar-refractivity contribution >= 4 is 12.0 Å². The average Bonchev–Trinajstić information content (AvgIpc) is 2.92. The van der Waals surface area contributed by atoms with Crippen molar-refractivity contribution in [3.05, 3.63) is 30.1 Å². The number of benzene rings is 1. The molecule has 2 amide bonds. The number of aliphatic hydroxyl groups is 1. The van der Waals surface area contributed by atoms with Gasteiger partial charge in [0.1, 0.15) is 23.8 Å². The molecule has 1 atom stereocenters. The summed E-state index contributed by atoms with van der Waals surface area (Å²) in [5, 5.41) is 11.4. The smallest absolute Gasteiger partial charge is 0.409 e. The largest absolute Gasteiger partial charge is 0.490 e. The lowest BCUT2D eigenvalue weighted by atomic mass is 9.99. The second-order valence-corrected chi connectivity index (χ2v) is 8.30. The maximum Gasteiger partial charge on any atom is 0.409 e. The van der Waals surface area contributed by atoms with Gasteiger partial charge >= 0.3 is 6.09 Å². The summed E-state index contributed by atoms with van der Waals surface area (Å²) in [6.07, 6.45) is 1.24. The van der Waals surface area contributed by atoms with Crippen LogP contribution in [0.5, 0.6) is 5.75 Å². The van der Waals surface area contributed by atoms with E-state index in [2.05, 4.69) is 4.90 Å². The summed E-state index contributed by atoms with van der Waals surface area (Å²) in [7, 11) is 0. The van der Waals surface area contributed by atoms with E-state index in [4.69, 9.17) is 9.47 Å². The molecule has 2 heterocycles. The standard InChI is InChI=1S/C22H32FN3O5/c1-3-30-21(28)24-9-7-19(8-10-24)26-12-11-25(17(2)27)14-22(29,15-26)16-31-20-6-4-5-18(23)13-20/h4-6,13,19,29H,3,7-12,14-16H2,1-2H3/t22-/m1/s1. The molecule has 172 valence electrons. The van der Waals surface area contributed by atoms with Crippen LogP contribution in [-0.4, -0.2) is 95.9 Å². The fourth-order valence-electron chi connectivity index (χ4n) is 4.27. The first-order chi connectivity index (χ1) is 14.8. The van der Waals surface area contributed by atoms with Gasteiger partial charge in [0, 0.05) is 51.8 Å². The highest BCUT2D eigenvalue weighted by Crippen LogP contribution is 2.24. The third-order valence-corrected chi connectivity index (χ3v) is 5.90. The van der Waals surface area contributed by atoms with Crippen LogP contribution in [-0.2, 0) is 9.53 Å². The number of carbonyl (C=O) groups is 2. The monoisotopic (exact) mass is 437 g/mol. The molecule has 31 heavy (non-hydrogen) atoms. The van der Waals surface area contributed by atoms with Crippen LogP contribution in [0.15, 0.2) is 24.3 Å². The molecule has 0 spiro atoms.